The molecule has 1 aliphatic rings. The van der Waals surface area contributed by atoms with Gasteiger partial charge in [-0.1, -0.05) is 36.8 Å². The van der Waals surface area contributed by atoms with Gasteiger partial charge in [-0.3, -0.25) is 4.90 Å². The van der Waals surface area contributed by atoms with Gasteiger partial charge in [0.25, 0.3) is 0 Å². The predicted molar refractivity (Wildman–Crippen MR) is 90.1 cm³/mol. The van der Waals surface area contributed by atoms with Gasteiger partial charge in [0.15, 0.2) is 0 Å². The molecule has 2 N–H and O–H groups in total. The highest BCUT2D eigenvalue weighted by atomic mass is 16.5. The lowest BCUT2D eigenvalue weighted by Crippen LogP contribution is -2.43. The van der Waals surface area contributed by atoms with Gasteiger partial charge in [0.1, 0.15) is 11.5 Å². The molecule has 0 spiro atoms. The van der Waals surface area contributed by atoms with Crippen LogP contribution in [0.4, 0.5) is 0 Å². The molecule has 0 amide bonds. The van der Waals surface area contributed by atoms with Crippen LogP contribution in [0, 0.1) is 0 Å². The summed E-state index contributed by atoms with van der Waals surface area (Å²) in [4.78, 5) is 2.51. The van der Waals surface area contributed by atoms with Gasteiger partial charge in [-0.2, -0.15) is 0 Å². The third kappa shape index (κ3) is 3.87. The summed E-state index contributed by atoms with van der Waals surface area (Å²) < 4.78 is 5.83. The van der Waals surface area contributed by atoms with Gasteiger partial charge in [-0.25, -0.2) is 0 Å². The van der Waals surface area contributed by atoms with E-state index in [2.05, 4.69) is 17.0 Å². The van der Waals surface area contributed by atoms with Crippen molar-refractivity contribution in [1.29, 1.82) is 0 Å². The number of nitrogens with zero attached hydrogens (tertiary/aromatic N) is 1. The average Bonchev–Trinajstić information content (AvgIpc) is 2.58. The van der Waals surface area contributed by atoms with Gasteiger partial charge < -0.3 is 10.5 Å². The van der Waals surface area contributed by atoms with Crippen LogP contribution in [-0.4, -0.2) is 24.0 Å². The molecule has 0 aromatic heterocycles. The second-order valence-electron chi connectivity index (χ2n) is 5.91. The zero-order valence-electron chi connectivity index (χ0n) is 12.9. The van der Waals surface area contributed by atoms with E-state index < -0.39 is 0 Å². The van der Waals surface area contributed by atoms with E-state index in [1.165, 1.54) is 24.8 Å². The van der Waals surface area contributed by atoms with Crippen molar-refractivity contribution in [3.05, 3.63) is 60.2 Å². The number of nitrogens with two attached hydrogens (primary N) is 1. The van der Waals surface area contributed by atoms with E-state index in [0.29, 0.717) is 6.04 Å². The van der Waals surface area contributed by atoms with Gasteiger partial charge in [-0.15, -0.1) is 0 Å². The Hall–Kier alpha value is -1.84. The first-order valence-corrected chi connectivity index (χ1v) is 8.11. The SMILES string of the molecule is NCC1CCCCN1Cc1ccc(Oc2ccccc2)cc1. The Bertz CT molecular complexity index is 568. The fraction of sp³-hybridized carbons (Fsp3) is 0.368. The van der Waals surface area contributed by atoms with E-state index >= 15 is 0 Å². The Balaban J connectivity index is 1.61. The Morgan fingerprint density at radius 3 is 2.41 bits per heavy atom. The molecule has 3 rings (SSSR count). The lowest BCUT2D eigenvalue weighted by molar-refractivity contribution is 0.145. The third-order valence-electron chi connectivity index (χ3n) is 4.31. The van der Waals surface area contributed by atoms with Crippen molar-refractivity contribution in [2.75, 3.05) is 13.1 Å². The highest BCUT2D eigenvalue weighted by Gasteiger charge is 2.20. The fourth-order valence-electron chi connectivity index (χ4n) is 3.06. The lowest BCUT2D eigenvalue weighted by atomic mass is 10.0. The number of para-hydroxylation sites is 1. The zero-order valence-corrected chi connectivity index (χ0v) is 12.9. The number of hydrogen-bond acceptors (Lipinski definition) is 3. The van der Waals surface area contributed by atoms with Crippen LogP contribution < -0.4 is 10.5 Å². The molecule has 116 valence electrons. The van der Waals surface area contributed by atoms with Crippen molar-refractivity contribution in [2.24, 2.45) is 5.73 Å². The summed E-state index contributed by atoms with van der Waals surface area (Å²) in [6.07, 6.45) is 3.82. The largest absolute Gasteiger partial charge is 0.457 e. The van der Waals surface area contributed by atoms with E-state index in [9.17, 15) is 0 Å². The standard InChI is InChI=1S/C19H24N2O/c20-14-17-6-4-5-13-21(17)15-16-9-11-19(12-10-16)22-18-7-2-1-3-8-18/h1-3,7-12,17H,4-6,13-15,20H2. The van der Waals surface area contributed by atoms with E-state index in [0.717, 1.165) is 31.1 Å². The van der Waals surface area contributed by atoms with Gasteiger partial charge in [-0.05, 0) is 49.2 Å². The molecule has 1 aliphatic heterocycles. The van der Waals surface area contributed by atoms with Crippen molar-refractivity contribution in [3.63, 3.8) is 0 Å². The van der Waals surface area contributed by atoms with E-state index in [4.69, 9.17) is 10.5 Å². The number of hydrogen-bond donors (Lipinski definition) is 1. The molecule has 3 heteroatoms. The van der Waals surface area contributed by atoms with Crippen LogP contribution in [0.15, 0.2) is 54.6 Å². The molecule has 3 nitrogen and oxygen atoms in total. The summed E-state index contributed by atoms with van der Waals surface area (Å²) in [5.41, 5.74) is 7.22. The molecule has 1 unspecified atom stereocenters. The fourth-order valence-corrected chi connectivity index (χ4v) is 3.06. The minimum Gasteiger partial charge on any atom is -0.457 e. The molecule has 1 heterocycles. The number of rotatable bonds is 5. The van der Waals surface area contributed by atoms with E-state index in [1.54, 1.807) is 0 Å². The summed E-state index contributed by atoms with van der Waals surface area (Å²) in [5.74, 6) is 1.75. The highest BCUT2D eigenvalue weighted by Crippen LogP contribution is 2.23. The topological polar surface area (TPSA) is 38.5 Å². The van der Waals surface area contributed by atoms with Crippen molar-refractivity contribution in [3.8, 4) is 11.5 Å². The molecule has 1 saturated heterocycles. The Morgan fingerprint density at radius 1 is 0.955 bits per heavy atom. The molecule has 0 saturated carbocycles. The van der Waals surface area contributed by atoms with E-state index in [-0.39, 0.29) is 0 Å². The average molecular weight is 296 g/mol. The van der Waals surface area contributed by atoms with Crippen LogP contribution in [0.25, 0.3) is 0 Å². The maximum Gasteiger partial charge on any atom is 0.127 e. The number of ether oxygens (including phenoxy) is 1. The second-order valence-corrected chi connectivity index (χ2v) is 5.91. The summed E-state index contributed by atoms with van der Waals surface area (Å²) in [6, 6.07) is 18.8. The first kappa shape index (κ1) is 15.1. The monoisotopic (exact) mass is 296 g/mol. The second kappa shape index (κ2) is 7.43. The Morgan fingerprint density at radius 2 is 1.68 bits per heavy atom. The van der Waals surface area contributed by atoms with Crippen molar-refractivity contribution >= 4 is 0 Å². The van der Waals surface area contributed by atoms with Crippen molar-refractivity contribution < 1.29 is 4.74 Å². The van der Waals surface area contributed by atoms with Crippen LogP contribution in [0.2, 0.25) is 0 Å². The normalized spacial score (nSPS) is 19.0. The van der Waals surface area contributed by atoms with Gasteiger partial charge in [0.2, 0.25) is 0 Å². The van der Waals surface area contributed by atoms with Gasteiger partial charge in [0, 0.05) is 19.1 Å². The molecule has 1 fully saturated rings. The molecule has 0 radical (unpaired) electrons. The summed E-state index contributed by atoms with van der Waals surface area (Å²) >= 11 is 0. The zero-order chi connectivity index (χ0) is 15.2. The predicted octanol–water partition coefficient (Wildman–Crippen LogP) is 3.79. The first-order valence-electron chi connectivity index (χ1n) is 8.11. The molecular weight excluding hydrogens is 272 g/mol. The third-order valence-corrected chi connectivity index (χ3v) is 4.31. The quantitative estimate of drug-likeness (QED) is 0.912. The first-order chi connectivity index (χ1) is 10.8. The maximum atomic E-state index is 5.90. The summed E-state index contributed by atoms with van der Waals surface area (Å²) in [6.45, 7) is 2.90. The van der Waals surface area contributed by atoms with Gasteiger partial charge >= 0.3 is 0 Å². The minimum atomic E-state index is 0.536. The Kier molecular flexibility index (Phi) is 5.09. The summed E-state index contributed by atoms with van der Waals surface area (Å²) in [7, 11) is 0. The Labute approximate surface area is 132 Å². The molecule has 0 bridgehead atoms. The lowest BCUT2D eigenvalue weighted by Gasteiger charge is -2.35. The highest BCUT2D eigenvalue weighted by molar-refractivity contribution is 5.32. The van der Waals surface area contributed by atoms with Gasteiger partial charge in [0.05, 0.1) is 0 Å². The smallest absolute Gasteiger partial charge is 0.127 e. The van der Waals surface area contributed by atoms with Crippen LogP contribution >= 0.6 is 0 Å². The van der Waals surface area contributed by atoms with Crippen molar-refractivity contribution in [1.82, 2.24) is 4.90 Å². The van der Waals surface area contributed by atoms with E-state index in [1.807, 2.05) is 42.5 Å². The molecule has 2 aromatic rings. The number of piperidine rings is 1. The molecular formula is C19H24N2O. The minimum absolute atomic E-state index is 0.536. The maximum absolute atomic E-state index is 5.90. The molecule has 22 heavy (non-hydrogen) atoms. The number of likely N-dealkylation sites (tertiary alicyclic amines) is 1. The van der Waals surface area contributed by atoms with Crippen LogP contribution in [0.1, 0.15) is 24.8 Å². The molecule has 2 aromatic carbocycles. The van der Waals surface area contributed by atoms with Crippen LogP contribution in [-0.2, 0) is 6.54 Å². The molecule has 1 atom stereocenters. The summed E-state index contributed by atoms with van der Waals surface area (Å²) in [5, 5.41) is 0. The van der Waals surface area contributed by atoms with Crippen LogP contribution in [0.5, 0.6) is 11.5 Å². The molecule has 0 aliphatic carbocycles. The number of benzene rings is 2. The van der Waals surface area contributed by atoms with Crippen LogP contribution in [0.3, 0.4) is 0 Å². The van der Waals surface area contributed by atoms with Crippen molar-refractivity contribution in [2.45, 2.75) is 31.8 Å².